The Bertz CT molecular complexity index is 2500. The molecule has 3 spiro atoms. The van der Waals surface area contributed by atoms with Crippen LogP contribution in [0.1, 0.15) is 156 Å². The molecule has 456 valence electrons. The molecule has 0 amide bonds. The summed E-state index contributed by atoms with van der Waals surface area (Å²) >= 11 is 0. The predicted octanol–water partition coefficient (Wildman–Crippen LogP) is 6.32. The number of ether oxygens (including phenoxy) is 16. The summed E-state index contributed by atoms with van der Waals surface area (Å²) < 4.78 is 110. The van der Waals surface area contributed by atoms with Crippen molar-refractivity contribution in [1.29, 1.82) is 0 Å². The van der Waals surface area contributed by atoms with E-state index in [2.05, 4.69) is 40.9 Å². The minimum atomic E-state index is -1.17. The number of esters is 1. The van der Waals surface area contributed by atoms with Gasteiger partial charge in [-0.25, -0.2) is 0 Å². The number of carbonyl (C=O) groups excluding carboxylic acids is 1. The third kappa shape index (κ3) is 9.05. The Morgan fingerprint density at radius 3 is 2.05 bits per heavy atom. The Labute approximate surface area is 481 Å². The Hall–Kier alpha value is -1.73. The first-order valence-electron chi connectivity index (χ1n) is 32.2. The van der Waals surface area contributed by atoms with Gasteiger partial charge in [0, 0.05) is 90.3 Å². The number of rotatable bonds is 3. The molecule has 16 aliphatic heterocycles. The third-order valence-corrected chi connectivity index (χ3v) is 23.6. The minimum absolute atomic E-state index is 0.0202. The van der Waals surface area contributed by atoms with Gasteiger partial charge in [0.25, 0.3) is 0 Å². The summed E-state index contributed by atoms with van der Waals surface area (Å²) in [4.78, 5) is 14.7. The van der Waals surface area contributed by atoms with E-state index in [0.717, 1.165) is 49.7 Å². The van der Waals surface area contributed by atoms with Crippen LogP contribution in [-0.4, -0.2) is 193 Å². The maximum atomic E-state index is 14.7. The first-order chi connectivity index (χ1) is 39.4. The molecule has 16 saturated heterocycles. The zero-order valence-corrected chi connectivity index (χ0v) is 48.7. The first-order valence-corrected chi connectivity index (χ1v) is 32.2. The number of aliphatic hydroxyl groups is 2. The summed E-state index contributed by atoms with van der Waals surface area (Å²) in [6.45, 7) is 18.0. The molecule has 1 saturated carbocycles. The summed E-state index contributed by atoms with van der Waals surface area (Å²) in [5.41, 5.74) is 0.969. The van der Waals surface area contributed by atoms with E-state index < -0.39 is 65.4 Å². The highest BCUT2D eigenvalue weighted by molar-refractivity contribution is 5.70. The highest BCUT2D eigenvalue weighted by Gasteiger charge is 2.74. The van der Waals surface area contributed by atoms with Gasteiger partial charge >= 0.3 is 5.97 Å². The fourth-order valence-corrected chi connectivity index (χ4v) is 19.8. The summed E-state index contributed by atoms with van der Waals surface area (Å²) in [5, 5.41) is 22.3. The van der Waals surface area contributed by atoms with Crippen LogP contribution in [0, 0.1) is 29.6 Å². The zero-order valence-electron chi connectivity index (χ0n) is 48.7. The van der Waals surface area contributed by atoms with Crippen molar-refractivity contribution in [1.82, 2.24) is 0 Å². The second kappa shape index (κ2) is 20.1. The molecule has 32 unspecified atom stereocenters. The van der Waals surface area contributed by atoms with E-state index in [-0.39, 0.29) is 146 Å². The van der Waals surface area contributed by atoms with E-state index in [0.29, 0.717) is 83.5 Å². The molecule has 0 aromatic heterocycles. The van der Waals surface area contributed by atoms with Gasteiger partial charge in [-0.05, 0) is 86.2 Å². The molecule has 19 heteroatoms. The summed E-state index contributed by atoms with van der Waals surface area (Å²) in [7, 11) is 1.64. The van der Waals surface area contributed by atoms with Crippen LogP contribution in [0.2, 0.25) is 0 Å². The largest absolute Gasteiger partial charge is 0.459 e. The lowest BCUT2D eigenvalue weighted by Crippen LogP contribution is -2.64. The average molecular weight is 1150 g/mol. The van der Waals surface area contributed by atoms with E-state index in [1.807, 2.05) is 0 Å². The highest BCUT2D eigenvalue weighted by Crippen LogP contribution is 2.61. The van der Waals surface area contributed by atoms with Gasteiger partial charge in [0.2, 0.25) is 0 Å². The standard InChI is InChI=1S/C63H90O19/c1-29-16-36-10-11-39-30(2)17-38(68-39)12-13-60-28-49-57(82-60)63(66)24-35-8-9-37(70-55(35)56(81-60)58(63)74-49)18-50(65)75-54-34(6)53-44(71-43(54)19-40(69-36)33(29)5)20-41-47(73-53)26-62(77-41)27-48-52(80-62)32(4)23-61(79-48)22-31(3)51-45(78-61)21-42-46(72-51)25-59(67-7,76-42)14-15-64/h29,31-32,34-49,51-58,64,66H,2,5,8-28H2,1,3-4,6-7H3. The van der Waals surface area contributed by atoms with E-state index in [1.54, 1.807) is 7.11 Å². The van der Waals surface area contributed by atoms with Crippen molar-refractivity contribution >= 4 is 5.97 Å². The van der Waals surface area contributed by atoms with Crippen LogP contribution in [0.25, 0.3) is 0 Å². The van der Waals surface area contributed by atoms with Gasteiger partial charge in [-0.15, -0.1) is 0 Å². The second-order valence-corrected chi connectivity index (χ2v) is 29.1. The number of methoxy groups -OCH3 is 1. The summed E-state index contributed by atoms with van der Waals surface area (Å²) in [6.07, 6.45) is 5.74. The molecular weight excluding hydrogens is 1060 g/mol. The lowest BCUT2D eigenvalue weighted by atomic mass is 9.68. The maximum absolute atomic E-state index is 14.7. The van der Waals surface area contributed by atoms with Crippen LogP contribution in [-0.2, 0) is 80.6 Å². The van der Waals surface area contributed by atoms with Crippen molar-refractivity contribution in [2.45, 2.75) is 319 Å². The lowest BCUT2D eigenvalue weighted by Gasteiger charge is -2.54. The van der Waals surface area contributed by atoms with Crippen molar-refractivity contribution in [3.05, 3.63) is 24.3 Å². The maximum Gasteiger partial charge on any atom is 0.308 e. The van der Waals surface area contributed by atoms with E-state index in [1.165, 1.54) is 0 Å². The van der Waals surface area contributed by atoms with Crippen LogP contribution in [0.15, 0.2) is 24.3 Å². The molecule has 82 heavy (non-hydrogen) atoms. The zero-order chi connectivity index (χ0) is 56.0. The molecule has 0 aromatic rings. The molecule has 17 rings (SSSR count). The van der Waals surface area contributed by atoms with Gasteiger partial charge in [0.05, 0.1) is 116 Å². The molecule has 17 fully saturated rings. The number of hydrogen-bond donors (Lipinski definition) is 2. The molecule has 17 aliphatic rings. The average Bonchev–Trinajstić information content (AvgIpc) is 1.68. The Morgan fingerprint density at radius 1 is 0.524 bits per heavy atom. The normalized spacial score (nSPS) is 59.2. The topological polar surface area (TPSA) is 205 Å². The van der Waals surface area contributed by atoms with Crippen LogP contribution in [0.5, 0.6) is 0 Å². The van der Waals surface area contributed by atoms with Crippen LogP contribution < -0.4 is 0 Å². The van der Waals surface area contributed by atoms with Crippen LogP contribution >= 0.6 is 0 Å². The Kier molecular flexibility index (Phi) is 13.7. The third-order valence-electron chi connectivity index (χ3n) is 23.6. The lowest BCUT2D eigenvalue weighted by molar-refractivity contribution is -0.370. The highest BCUT2D eigenvalue weighted by atomic mass is 16.8. The first kappa shape index (κ1) is 55.6. The van der Waals surface area contributed by atoms with Crippen molar-refractivity contribution in [3.63, 3.8) is 0 Å². The number of fused-ring (bicyclic) bond motifs is 11. The second-order valence-electron chi connectivity index (χ2n) is 29.1. The molecule has 12 bridgehead atoms. The van der Waals surface area contributed by atoms with Crippen molar-refractivity contribution in [2.24, 2.45) is 29.6 Å². The summed E-state index contributed by atoms with van der Waals surface area (Å²) in [5.74, 6) is -3.53. The van der Waals surface area contributed by atoms with E-state index >= 15 is 0 Å². The quantitative estimate of drug-likeness (QED) is 0.234. The number of aliphatic hydroxyl groups excluding tert-OH is 1. The van der Waals surface area contributed by atoms with Crippen LogP contribution in [0.4, 0.5) is 0 Å². The minimum Gasteiger partial charge on any atom is -0.459 e. The molecule has 19 nitrogen and oxygen atoms in total. The Morgan fingerprint density at radius 2 is 1.21 bits per heavy atom. The smallest absolute Gasteiger partial charge is 0.308 e. The van der Waals surface area contributed by atoms with Gasteiger partial charge in [-0.1, -0.05) is 40.9 Å². The Balaban J connectivity index is 0.629. The molecule has 32 atom stereocenters. The number of hydrogen-bond acceptors (Lipinski definition) is 19. The van der Waals surface area contributed by atoms with Gasteiger partial charge in [-0.2, -0.15) is 0 Å². The number of carbonyl (C=O) groups is 1. The van der Waals surface area contributed by atoms with Gasteiger partial charge in [-0.3, -0.25) is 4.79 Å². The molecule has 16 heterocycles. The van der Waals surface area contributed by atoms with Gasteiger partial charge in [0.15, 0.2) is 23.1 Å². The molecule has 1 aliphatic carbocycles. The molecular formula is C63H90O19. The SMILES string of the molecule is C=C1CC2CCC34CC5OC6C(O3)C3OC(CCC3CC6(O)C5O4)CC(=O)OC3C(CC4OC(CCC1O2)CC(C)C4=C)OC1CC2OC4(CC2OC1C3C)CC1OC2(CC(C)C3OC5CC(CCO)(OC)OC5CC3O2)CC(C)C1O4. The van der Waals surface area contributed by atoms with Gasteiger partial charge in [0.1, 0.15) is 30.0 Å². The van der Waals surface area contributed by atoms with Crippen LogP contribution in [0.3, 0.4) is 0 Å². The van der Waals surface area contributed by atoms with E-state index in [4.69, 9.17) is 75.8 Å². The van der Waals surface area contributed by atoms with Gasteiger partial charge < -0.3 is 86.0 Å². The molecule has 2 N–H and O–H groups in total. The van der Waals surface area contributed by atoms with Crippen molar-refractivity contribution < 1.29 is 90.8 Å². The fourth-order valence-electron chi connectivity index (χ4n) is 19.8. The molecule has 0 radical (unpaired) electrons. The molecule has 0 aromatic carbocycles. The summed E-state index contributed by atoms with van der Waals surface area (Å²) in [6, 6.07) is 0. The van der Waals surface area contributed by atoms with Crippen molar-refractivity contribution in [2.75, 3.05) is 13.7 Å². The predicted molar refractivity (Wildman–Crippen MR) is 285 cm³/mol. The fraction of sp³-hybridized carbons (Fsp3) is 0.921. The van der Waals surface area contributed by atoms with Crippen molar-refractivity contribution in [3.8, 4) is 0 Å². The monoisotopic (exact) mass is 1150 g/mol. The van der Waals surface area contributed by atoms with E-state index in [9.17, 15) is 15.0 Å².